The average Bonchev–Trinajstić information content (AvgIpc) is 3.11. The molecule has 0 aliphatic rings. The molecule has 0 fully saturated rings. The second-order valence-electron chi connectivity index (χ2n) is 11.8. The molecule has 0 heterocycles. The van der Waals surface area contributed by atoms with E-state index in [1.807, 2.05) is 12.2 Å². The van der Waals surface area contributed by atoms with Gasteiger partial charge in [-0.25, -0.2) is 4.57 Å². The first kappa shape index (κ1) is 48.5. The van der Waals surface area contributed by atoms with Gasteiger partial charge in [0, 0.05) is 12.8 Å². The van der Waals surface area contributed by atoms with Crippen LogP contribution in [0.3, 0.4) is 0 Å². The number of rotatable bonds is 32. The van der Waals surface area contributed by atoms with Crippen LogP contribution >= 0.6 is 7.82 Å². The third-order valence-corrected chi connectivity index (χ3v) is 7.47. The van der Waals surface area contributed by atoms with Crippen LogP contribution in [0.25, 0.3) is 0 Å². The van der Waals surface area contributed by atoms with E-state index >= 15 is 0 Å². The second kappa shape index (κ2) is 37.2. The Labute approximate surface area is 314 Å². The smallest absolute Gasteiger partial charge is 0.462 e. The molecule has 52 heavy (non-hydrogen) atoms. The molecule has 0 rings (SSSR count). The number of unbranched alkanes of at least 4 members (excludes halogenated alkanes) is 2. The minimum atomic E-state index is -4.79. The maximum absolute atomic E-state index is 12.3. The summed E-state index contributed by atoms with van der Waals surface area (Å²) in [5, 5.41) is 0. The van der Waals surface area contributed by atoms with Crippen LogP contribution in [0.5, 0.6) is 0 Å². The van der Waals surface area contributed by atoms with Crippen molar-refractivity contribution in [1.29, 1.82) is 0 Å². The van der Waals surface area contributed by atoms with Gasteiger partial charge in [-0.3, -0.25) is 14.1 Å². The summed E-state index contributed by atoms with van der Waals surface area (Å²) in [6, 6.07) is 0. The zero-order valence-electron chi connectivity index (χ0n) is 31.6. The van der Waals surface area contributed by atoms with Crippen molar-refractivity contribution in [2.45, 2.75) is 123 Å². The van der Waals surface area contributed by atoms with Gasteiger partial charge in [0.1, 0.15) is 6.61 Å². The van der Waals surface area contributed by atoms with E-state index in [2.05, 4.69) is 128 Å². The van der Waals surface area contributed by atoms with E-state index in [0.29, 0.717) is 12.8 Å². The maximum atomic E-state index is 12.3. The lowest BCUT2D eigenvalue weighted by molar-refractivity contribution is -0.161. The van der Waals surface area contributed by atoms with E-state index < -0.39 is 32.5 Å². The molecule has 1 atom stereocenters. The van der Waals surface area contributed by atoms with Crippen LogP contribution < -0.4 is 0 Å². The summed E-state index contributed by atoms with van der Waals surface area (Å²) in [5.41, 5.74) is 0. The van der Waals surface area contributed by atoms with Crippen molar-refractivity contribution in [2.24, 2.45) is 0 Å². The van der Waals surface area contributed by atoms with Crippen molar-refractivity contribution in [3.63, 3.8) is 0 Å². The topological polar surface area (TPSA) is 119 Å². The van der Waals surface area contributed by atoms with Gasteiger partial charge in [-0.15, -0.1) is 0 Å². The van der Waals surface area contributed by atoms with Gasteiger partial charge < -0.3 is 19.3 Å². The van der Waals surface area contributed by atoms with Crippen LogP contribution in [0.15, 0.2) is 122 Å². The minimum absolute atomic E-state index is 0.124. The lowest BCUT2D eigenvalue weighted by Gasteiger charge is -2.18. The minimum Gasteiger partial charge on any atom is -0.462 e. The standard InChI is InChI=1S/C43H65O8P/c1-3-5-7-9-11-13-15-17-19-20-21-22-24-25-27-29-31-33-35-37-42(44)49-39-41(40-50-52(46,47)48)51-43(45)38-36-34-32-30-28-26-23-18-16-14-12-10-8-6-4-2/h5-8,11-14,17-19,21-23,25,27-28,30-31,33,41H,3-4,9-10,15-16,20,24,26,29,32,34-40H2,1-2H3,(H2,46,47,48)/b7-5-,8-6-,13-11-,14-12-,19-17-,22-21-,23-18-,27-25-,30-28-,33-31-/t41-/m1/s1. The fourth-order valence-electron chi connectivity index (χ4n) is 4.27. The van der Waals surface area contributed by atoms with Crippen molar-refractivity contribution in [1.82, 2.24) is 0 Å². The van der Waals surface area contributed by atoms with E-state index in [0.717, 1.165) is 77.0 Å². The van der Waals surface area contributed by atoms with Gasteiger partial charge in [0.2, 0.25) is 0 Å². The van der Waals surface area contributed by atoms with Crippen molar-refractivity contribution < 1.29 is 37.9 Å². The summed E-state index contributed by atoms with van der Waals surface area (Å²) in [4.78, 5) is 42.7. The molecule has 0 aliphatic heterocycles. The Balaban J connectivity index is 4.21. The highest BCUT2D eigenvalue weighted by molar-refractivity contribution is 7.46. The highest BCUT2D eigenvalue weighted by Gasteiger charge is 2.22. The quantitative estimate of drug-likeness (QED) is 0.0303. The lowest BCUT2D eigenvalue weighted by atomic mass is 10.2. The van der Waals surface area contributed by atoms with Gasteiger partial charge in [0.25, 0.3) is 0 Å². The van der Waals surface area contributed by atoms with Gasteiger partial charge in [-0.05, 0) is 89.9 Å². The highest BCUT2D eigenvalue weighted by Crippen LogP contribution is 2.35. The van der Waals surface area contributed by atoms with Crippen molar-refractivity contribution >= 4 is 19.8 Å². The first-order chi connectivity index (χ1) is 25.3. The number of ether oxygens (including phenoxy) is 2. The van der Waals surface area contributed by atoms with Gasteiger partial charge in [0.15, 0.2) is 6.10 Å². The molecule has 0 aromatic rings. The van der Waals surface area contributed by atoms with Crippen LogP contribution in [-0.2, 0) is 28.2 Å². The van der Waals surface area contributed by atoms with E-state index in [-0.39, 0.29) is 19.4 Å². The number of hydrogen-bond acceptors (Lipinski definition) is 6. The third kappa shape index (κ3) is 39.2. The van der Waals surface area contributed by atoms with Crippen LogP contribution in [-0.4, -0.2) is 41.0 Å². The zero-order valence-corrected chi connectivity index (χ0v) is 32.5. The molecule has 0 bridgehead atoms. The fourth-order valence-corrected chi connectivity index (χ4v) is 4.63. The number of carbonyl (C=O) groups is 2. The average molecular weight is 741 g/mol. The second-order valence-corrected chi connectivity index (χ2v) is 13.0. The van der Waals surface area contributed by atoms with E-state index in [1.54, 1.807) is 0 Å². The van der Waals surface area contributed by atoms with Gasteiger partial charge in [-0.2, -0.15) is 0 Å². The molecule has 0 radical (unpaired) electrons. The Hall–Kier alpha value is -3.55. The van der Waals surface area contributed by atoms with Gasteiger partial charge >= 0.3 is 19.8 Å². The molecule has 0 unspecified atom stereocenters. The normalized spacial score (nSPS) is 13.8. The number of phosphoric acid groups is 1. The monoisotopic (exact) mass is 740 g/mol. The fraction of sp³-hybridized carbons (Fsp3) is 0.488. The Kier molecular flexibility index (Phi) is 34.7. The molecule has 0 saturated heterocycles. The Bertz CT molecular complexity index is 1240. The first-order valence-corrected chi connectivity index (χ1v) is 20.4. The number of phosphoric ester groups is 1. The molecule has 0 spiro atoms. The highest BCUT2D eigenvalue weighted by atomic mass is 31.2. The summed E-state index contributed by atoms with van der Waals surface area (Å²) in [6.07, 6.45) is 53.6. The molecule has 290 valence electrons. The first-order valence-electron chi connectivity index (χ1n) is 18.8. The number of carbonyl (C=O) groups excluding carboxylic acids is 2. The van der Waals surface area contributed by atoms with Crippen LogP contribution in [0.2, 0.25) is 0 Å². The van der Waals surface area contributed by atoms with Crippen molar-refractivity contribution in [3.05, 3.63) is 122 Å². The summed E-state index contributed by atoms with van der Waals surface area (Å²) >= 11 is 0. The predicted octanol–water partition coefficient (Wildman–Crippen LogP) is 11.4. The van der Waals surface area contributed by atoms with Gasteiger partial charge in [-0.1, -0.05) is 135 Å². The van der Waals surface area contributed by atoms with Crippen molar-refractivity contribution in [3.8, 4) is 0 Å². The SMILES string of the molecule is CC/C=C\C/C=C\C/C=C\C/C=C\C/C=C\C/C=C\CCC(=O)OC[C@H](COP(=O)(O)O)OC(=O)CCCC/C=C\C/C=C\C/C=C\C/C=C\CC. The third-order valence-electron chi connectivity index (χ3n) is 6.99. The molecular weight excluding hydrogens is 675 g/mol. The lowest BCUT2D eigenvalue weighted by Crippen LogP contribution is -2.29. The maximum Gasteiger partial charge on any atom is 0.469 e. The molecule has 0 aliphatic carbocycles. The molecule has 0 aromatic carbocycles. The van der Waals surface area contributed by atoms with E-state index in [4.69, 9.17) is 19.3 Å². The molecule has 9 heteroatoms. The van der Waals surface area contributed by atoms with Crippen LogP contribution in [0.4, 0.5) is 0 Å². The molecule has 0 saturated carbocycles. The number of allylic oxidation sites excluding steroid dienone is 20. The largest absolute Gasteiger partial charge is 0.469 e. The molecule has 2 N–H and O–H groups in total. The van der Waals surface area contributed by atoms with Crippen LogP contribution in [0.1, 0.15) is 117 Å². The Morgan fingerprint density at radius 1 is 0.500 bits per heavy atom. The molecule has 8 nitrogen and oxygen atoms in total. The Morgan fingerprint density at radius 2 is 0.885 bits per heavy atom. The molecular formula is C43H65O8P. The molecule has 0 aromatic heterocycles. The van der Waals surface area contributed by atoms with E-state index in [9.17, 15) is 14.2 Å². The number of hydrogen-bond donors (Lipinski definition) is 2. The zero-order chi connectivity index (χ0) is 38.2. The summed E-state index contributed by atoms with van der Waals surface area (Å²) < 4.78 is 26.2. The summed E-state index contributed by atoms with van der Waals surface area (Å²) in [6.45, 7) is 3.32. The Morgan fingerprint density at radius 3 is 1.29 bits per heavy atom. The summed E-state index contributed by atoms with van der Waals surface area (Å²) in [7, 11) is -4.79. The van der Waals surface area contributed by atoms with Gasteiger partial charge in [0.05, 0.1) is 6.61 Å². The summed E-state index contributed by atoms with van der Waals surface area (Å²) in [5.74, 6) is -1.05. The number of esters is 2. The molecule has 0 amide bonds. The van der Waals surface area contributed by atoms with Crippen LogP contribution in [0, 0.1) is 0 Å². The van der Waals surface area contributed by atoms with E-state index in [1.165, 1.54) is 0 Å². The predicted molar refractivity (Wildman–Crippen MR) is 215 cm³/mol. The van der Waals surface area contributed by atoms with Crippen molar-refractivity contribution in [2.75, 3.05) is 13.2 Å².